The van der Waals surface area contributed by atoms with Crippen LogP contribution in [0.3, 0.4) is 0 Å². The van der Waals surface area contributed by atoms with Crippen molar-refractivity contribution in [2.45, 2.75) is 43.9 Å². The maximum Gasteiger partial charge on any atom is 0.416 e. The number of carbonyl (C=O) groups excluding carboxylic acids is 2. The standard InChI is InChI=1S/C34H32Cl2F3N3O4S/c1-3-40-33(44)31(19-24-9-5-4-6-10-24)41(21-28-29(35)13-8-14-30(28)36)32(43)22-42(26-12-7-11-25(20-26)34(37,38)39)47(45,46)27-17-15-23(2)16-18-27/h4-18,20,31H,3,19,21-22H2,1-2H3,(H,40,44)/t31-/m0/s1. The summed E-state index contributed by atoms with van der Waals surface area (Å²) < 4.78 is 70.1. The van der Waals surface area contributed by atoms with Crippen molar-refractivity contribution in [2.75, 3.05) is 17.4 Å². The summed E-state index contributed by atoms with van der Waals surface area (Å²) in [7, 11) is -4.60. The third kappa shape index (κ3) is 8.85. The van der Waals surface area contributed by atoms with Crippen LogP contribution in [0.1, 0.15) is 29.2 Å². The summed E-state index contributed by atoms with van der Waals surface area (Å²) in [6.07, 6.45) is -4.75. The van der Waals surface area contributed by atoms with Crippen LogP contribution in [0.25, 0.3) is 0 Å². The predicted octanol–water partition coefficient (Wildman–Crippen LogP) is 7.29. The average Bonchev–Trinajstić information content (AvgIpc) is 3.03. The number of nitrogens with zero attached hydrogens (tertiary/aromatic N) is 2. The van der Waals surface area contributed by atoms with E-state index in [-0.39, 0.29) is 40.1 Å². The van der Waals surface area contributed by atoms with Crippen LogP contribution in [0.5, 0.6) is 0 Å². The first-order valence-electron chi connectivity index (χ1n) is 14.5. The lowest BCUT2D eigenvalue weighted by Crippen LogP contribution is -2.53. The summed E-state index contributed by atoms with van der Waals surface area (Å²) in [4.78, 5) is 29.0. The van der Waals surface area contributed by atoms with E-state index in [4.69, 9.17) is 23.2 Å². The quantitative estimate of drug-likeness (QED) is 0.168. The highest BCUT2D eigenvalue weighted by molar-refractivity contribution is 7.92. The molecule has 0 bridgehead atoms. The number of rotatable bonds is 12. The third-order valence-corrected chi connectivity index (χ3v) is 9.86. The van der Waals surface area contributed by atoms with Gasteiger partial charge in [0.15, 0.2) is 0 Å². The van der Waals surface area contributed by atoms with Gasteiger partial charge < -0.3 is 10.2 Å². The predicted molar refractivity (Wildman–Crippen MR) is 177 cm³/mol. The molecule has 0 unspecified atom stereocenters. The van der Waals surface area contributed by atoms with Gasteiger partial charge in [-0.2, -0.15) is 13.2 Å². The topological polar surface area (TPSA) is 86.8 Å². The summed E-state index contributed by atoms with van der Waals surface area (Å²) in [5.41, 5.74) is 0.268. The Morgan fingerprint density at radius 2 is 1.49 bits per heavy atom. The summed E-state index contributed by atoms with van der Waals surface area (Å²) in [6.45, 7) is 2.45. The van der Waals surface area contributed by atoms with E-state index in [2.05, 4.69) is 5.32 Å². The number of nitrogens with one attached hydrogen (secondary N) is 1. The molecule has 0 aliphatic rings. The number of likely N-dealkylation sites (N-methyl/N-ethyl adjacent to an activating group) is 1. The third-order valence-electron chi connectivity index (χ3n) is 7.36. The summed E-state index contributed by atoms with van der Waals surface area (Å²) in [6, 6.07) is 21.8. The van der Waals surface area contributed by atoms with E-state index >= 15 is 0 Å². The molecule has 4 rings (SSSR count). The van der Waals surface area contributed by atoms with E-state index < -0.39 is 46.2 Å². The zero-order chi connectivity index (χ0) is 34.4. The number of anilines is 1. The molecule has 248 valence electrons. The molecule has 0 spiro atoms. The monoisotopic (exact) mass is 705 g/mol. The molecule has 0 saturated heterocycles. The Balaban J connectivity index is 1.87. The Morgan fingerprint density at radius 1 is 0.872 bits per heavy atom. The maximum absolute atomic E-state index is 14.4. The Bertz CT molecular complexity index is 1800. The van der Waals surface area contributed by atoms with Crippen molar-refractivity contribution in [3.63, 3.8) is 0 Å². The Labute approximate surface area is 282 Å². The van der Waals surface area contributed by atoms with E-state index in [9.17, 15) is 31.2 Å². The molecule has 1 N–H and O–H groups in total. The van der Waals surface area contributed by atoms with Crippen LogP contribution >= 0.6 is 23.2 Å². The molecule has 1 atom stereocenters. The van der Waals surface area contributed by atoms with Crippen LogP contribution in [-0.4, -0.2) is 44.3 Å². The molecule has 13 heteroatoms. The number of halogens is 5. The van der Waals surface area contributed by atoms with Crippen molar-refractivity contribution < 1.29 is 31.2 Å². The Morgan fingerprint density at radius 3 is 2.09 bits per heavy atom. The number of benzene rings is 4. The molecule has 2 amide bonds. The van der Waals surface area contributed by atoms with Crippen LogP contribution in [0, 0.1) is 6.92 Å². The van der Waals surface area contributed by atoms with E-state index in [0.717, 1.165) is 22.6 Å². The molecular formula is C34H32Cl2F3N3O4S. The van der Waals surface area contributed by atoms with Crippen molar-refractivity contribution in [2.24, 2.45) is 0 Å². The second-order valence-electron chi connectivity index (χ2n) is 10.7. The minimum atomic E-state index is -4.79. The zero-order valence-electron chi connectivity index (χ0n) is 25.5. The van der Waals surface area contributed by atoms with Gasteiger partial charge in [0.05, 0.1) is 16.1 Å². The average molecular weight is 707 g/mol. The number of amides is 2. The molecular weight excluding hydrogens is 674 g/mol. The van der Waals surface area contributed by atoms with Gasteiger partial charge in [-0.15, -0.1) is 0 Å². The number of hydrogen-bond donors (Lipinski definition) is 1. The van der Waals surface area contributed by atoms with Gasteiger partial charge in [-0.3, -0.25) is 13.9 Å². The highest BCUT2D eigenvalue weighted by Gasteiger charge is 2.36. The molecule has 0 aromatic heterocycles. The SMILES string of the molecule is CCNC(=O)[C@H](Cc1ccccc1)N(Cc1c(Cl)cccc1Cl)C(=O)CN(c1cccc(C(F)(F)F)c1)S(=O)(=O)c1ccc(C)cc1. The fourth-order valence-electron chi connectivity index (χ4n) is 4.90. The first-order valence-corrected chi connectivity index (χ1v) is 16.7. The van der Waals surface area contributed by atoms with Crippen molar-refractivity contribution in [3.05, 3.63) is 129 Å². The van der Waals surface area contributed by atoms with Crippen molar-refractivity contribution in [3.8, 4) is 0 Å². The summed E-state index contributed by atoms with van der Waals surface area (Å²) in [5, 5.41) is 3.13. The second-order valence-corrected chi connectivity index (χ2v) is 13.4. The van der Waals surface area contributed by atoms with Gasteiger partial charge in [-0.25, -0.2) is 8.42 Å². The minimum absolute atomic E-state index is 0.0365. The molecule has 0 saturated carbocycles. The number of hydrogen-bond acceptors (Lipinski definition) is 4. The molecule has 0 heterocycles. The van der Waals surface area contributed by atoms with Crippen LogP contribution in [0.15, 0.2) is 102 Å². The number of aryl methyl sites for hydroxylation is 1. The fourth-order valence-corrected chi connectivity index (χ4v) is 6.83. The molecule has 7 nitrogen and oxygen atoms in total. The van der Waals surface area contributed by atoms with Crippen molar-refractivity contribution in [1.29, 1.82) is 0 Å². The molecule has 4 aromatic carbocycles. The lowest BCUT2D eigenvalue weighted by atomic mass is 10.0. The Kier molecular flexibility index (Phi) is 11.6. The van der Waals surface area contributed by atoms with Gasteiger partial charge >= 0.3 is 6.18 Å². The molecule has 0 radical (unpaired) electrons. The van der Waals surface area contributed by atoms with Gasteiger partial charge in [-0.05, 0) is 61.9 Å². The minimum Gasteiger partial charge on any atom is -0.355 e. The smallest absolute Gasteiger partial charge is 0.355 e. The van der Waals surface area contributed by atoms with E-state index in [0.29, 0.717) is 21.5 Å². The first-order chi connectivity index (χ1) is 22.2. The van der Waals surface area contributed by atoms with Crippen LogP contribution in [-0.2, 0) is 38.8 Å². The maximum atomic E-state index is 14.4. The van der Waals surface area contributed by atoms with Crippen LogP contribution in [0.4, 0.5) is 18.9 Å². The lowest BCUT2D eigenvalue weighted by Gasteiger charge is -2.34. The number of carbonyl (C=O) groups is 2. The fraction of sp³-hybridized carbons (Fsp3) is 0.235. The molecule has 0 aliphatic heterocycles. The highest BCUT2D eigenvalue weighted by atomic mass is 35.5. The second kappa shape index (κ2) is 15.2. The van der Waals surface area contributed by atoms with Gasteiger partial charge in [0.2, 0.25) is 11.8 Å². The van der Waals surface area contributed by atoms with Gasteiger partial charge in [0, 0.05) is 35.1 Å². The van der Waals surface area contributed by atoms with E-state index in [1.165, 1.54) is 30.3 Å². The molecule has 47 heavy (non-hydrogen) atoms. The Hall–Kier alpha value is -4.06. The van der Waals surface area contributed by atoms with Gasteiger partial charge in [0.1, 0.15) is 12.6 Å². The number of alkyl halides is 3. The van der Waals surface area contributed by atoms with Crippen LogP contribution < -0.4 is 9.62 Å². The summed E-state index contributed by atoms with van der Waals surface area (Å²) >= 11 is 13.0. The van der Waals surface area contributed by atoms with Crippen LogP contribution in [0.2, 0.25) is 10.0 Å². The van der Waals surface area contributed by atoms with Crippen molar-refractivity contribution in [1.82, 2.24) is 10.2 Å². The van der Waals surface area contributed by atoms with Crippen molar-refractivity contribution >= 4 is 50.7 Å². The summed E-state index contributed by atoms with van der Waals surface area (Å²) in [5.74, 6) is -1.40. The number of sulfonamides is 1. The first kappa shape index (κ1) is 35.8. The van der Waals surface area contributed by atoms with Gasteiger partial charge in [0.25, 0.3) is 10.0 Å². The highest BCUT2D eigenvalue weighted by Crippen LogP contribution is 2.34. The lowest BCUT2D eigenvalue weighted by molar-refractivity contribution is -0.140. The molecule has 0 fully saturated rings. The molecule has 4 aromatic rings. The zero-order valence-corrected chi connectivity index (χ0v) is 27.8. The normalized spacial score (nSPS) is 12.3. The largest absolute Gasteiger partial charge is 0.416 e. The molecule has 0 aliphatic carbocycles. The van der Waals surface area contributed by atoms with Gasteiger partial charge in [-0.1, -0.05) is 83.4 Å². The van der Waals surface area contributed by atoms with E-state index in [1.807, 2.05) is 0 Å². The van der Waals surface area contributed by atoms with E-state index in [1.54, 1.807) is 62.4 Å².